The first kappa shape index (κ1) is 16.0. The average molecular weight is 297 g/mol. The number of nitrogens with zero attached hydrogens (tertiary/aromatic N) is 2. The van der Waals surface area contributed by atoms with Gasteiger partial charge in [-0.15, -0.1) is 0 Å². The van der Waals surface area contributed by atoms with Crippen LogP contribution in [0.15, 0.2) is 18.2 Å². The van der Waals surface area contributed by atoms with Gasteiger partial charge in [0.15, 0.2) is 0 Å². The highest BCUT2D eigenvalue weighted by Crippen LogP contribution is 2.24. The summed E-state index contributed by atoms with van der Waals surface area (Å²) in [6, 6.07) is 5.00. The molecule has 0 radical (unpaired) electrons. The zero-order valence-electron chi connectivity index (χ0n) is 12.4. The third-order valence-corrected chi connectivity index (χ3v) is 3.86. The summed E-state index contributed by atoms with van der Waals surface area (Å²) >= 11 is 0. The number of hydrogen-bond donors (Lipinski definition) is 3. The fraction of sp³-hybridized carbons (Fsp3) is 0.600. The van der Waals surface area contributed by atoms with Gasteiger partial charge in [-0.2, -0.15) is 0 Å². The van der Waals surface area contributed by atoms with Gasteiger partial charge in [-0.05, 0) is 24.7 Å². The Morgan fingerprint density at radius 3 is 2.57 bits per heavy atom. The highest BCUT2D eigenvalue weighted by atomic mass is 19.1. The van der Waals surface area contributed by atoms with Gasteiger partial charge in [-0.1, -0.05) is 6.92 Å². The SMILES string of the molecule is CCN1CCN(c2ccc(NCC(O)CO)cc2F)CC1. The quantitative estimate of drug-likeness (QED) is 0.723. The van der Waals surface area contributed by atoms with Gasteiger partial charge in [0, 0.05) is 38.4 Å². The van der Waals surface area contributed by atoms with Crippen LogP contribution in [-0.2, 0) is 0 Å². The predicted octanol–water partition coefficient (Wildman–Crippen LogP) is 0.733. The molecule has 1 aliphatic rings. The molecule has 1 saturated heterocycles. The number of hydrogen-bond acceptors (Lipinski definition) is 5. The highest BCUT2D eigenvalue weighted by Gasteiger charge is 2.18. The van der Waals surface area contributed by atoms with Crippen LogP contribution in [0.3, 0.4) is 0 Å². The fourth-order valence-corrected chi connectivity index (χ4v) is 2.48. The number of anilines is 2. The molecule has 3 N–H and O–H groups in total. The maximum atomic E-state index is 14.2. The number of piperazine rings is 1. The number of aliphatic hydroxyl groups is 2. The van der Waals surface area contributed by atoms with E-state index in [1.165, 1.54) is 6.07 Å². The van der Waals surface area contributed by atoms with Gasteiger partial charge in [0.2, 0.25) is 0 Å². The molecule has 0 aliphatic carbocycles. The van der Waals surface area contributed by atoms with Crippen molar-refractivity contribution in [1.82, 2.24) is 4.90 Å². The second-order valence-electron chi connectivity index (χ2n) is 5.30. The largest absolute Gasteiger partial charge is 0.394 e. The number of halogens is 1. The number of aliphatic hydroxyl groups excluding tert-OH is 2. The molecule has 0 aromatic heterocycles. The van der Waals surface area contributed by atoms with E-state index in [0.29, 0.717) is 11.4 Å². The summed E-state index contributed by atoms with van der Waals surface area (Å²) in [6.45, 7) is 6.64. The Hall–Kier alpha value is -1.37. The molecule has 1 aromatic rings. The van der Waals surface area contributed by atoms with E-state index >= 15 is 0 Å². The van der Waals surface area contributed by atoms with Gasteiger partial charge < -0.3 is 25.3 Å². The van der Waals surface area contributed by atoms with E-state index in [2.05, 4.69) is 22.0 Å². The summed E-state index contributed by atoms with van der Waals surface area (Å²) in [4.78, 5) is 4.41. The van der Waals surface area contributed by atoms with Gasteiger partial charge in [0.25, 0.3) is 0 Å². The molecule has 1 fully saturated rings. The molecule has 0 amide bonds. The molecule has 1 aromatic carbocycles. The number of benzene rings is 1. The third kappa shape index (κ3) is 4.30. The molecule has 6 heteroatoms. The summed E-state index contributed by atoms with van der Waals surface area (Å²) in [5.41, 5.74) is 1.23. The molecule has 5 nitrogen and oxygen atoms in total. The topological polar surface area (TPSA) is 59.0 Å². The molecular weight excluding hydrogens is 273 g/mol. The van der Waals surface area contributed by atoms with E-state index < -0.39 is 6.10 Å². The lowest BCUT2D eigenvalue weighted by molar-refractivity contribution is 0.105. The third-order valence-electron chi connectivity index (χ3n) is 3.86. The van der Waals surface area contributed by atoms with Crippen molar-refractivity contribution < 1.29 is 14.6 Å². The first-order chi connectivity index (χ1) is 10.1. The first-order valence-electron chi connectivity index (χ1n) is 7.43. The first-order valence-corrected chi connectivity index (χ1v) is 7.43. The Kier molecular flexibility index (Phi) is 5.78. The van der Waals surface area contributed by atoms with Crippen LogP contribution >= 0.6 is 0 Å². The molecule has 1 aliphatic heterocycles. The Labute approximate surface area is 125 Å². The van der Waals surface area contributed by atoms with Crippen molar-refractivity contribution in [2.75, 3.05) is 56.1 Å². The van der Waals surface area contributed by atoms with Crippen LogP contribution in [0.25, 0.3) is 0 Å². The molecule has 118 valence electrons. The van der Waals surface area contributed by atoms with Crippen molar-refractivity contribution in [3.8, 4) is 0 Å². The van der Waals surface area contributed by atoms with Crippen molar-refractivity contribution in [2.45, 2.75) is 13.0 Å². The summed E-state index contributed by atoms with van der Waals surface area (Å²) in [5, 5.41) is 20.9. The van der Waals surface area contributed by atoms with E-state index in [9.17, 15) is 9.50 Å². The minimum Gasteiger partial charge on any atom is -0.394 e. The van der Waals surface area contributed by atoms with Crippen molar-refractivity contribution in [3.05, 3.63) is 24.0 Å². The van der Waals surface area contributed by atoms with Crippen LogP contribution in [0, 0.1) is 5.82 Å². The summed E-state index contributed by atoms with van der Waals surface area (Å²) in [5.74, 6) is -0.261. The minimum atomic E-state index is -0.838. The van der Waals surface area contributed by atoms with Crippen molar-refractivity contribution in [2.24, 2.45) is 0 Å². The van der Waals surface area contributed by atoms with E-state index in [4.69, 9.17) is 5.11 Å². The Bertz CT molecular complexity index is 451. The number of rotatable bonds is 6. The molecule has 0 saturated carbocycles. The lowest BCUT2D eigenvalue weighted by Gasteiger charge is -2.35. The zero-order valence-corrected chi connectivity index (χ0v) is 12.4. The number of nitrogens with one attached hydrogen (secondary N) is 1. The van der Waals surface area contributed by atoms with Crippen LogP contribution in [0.1, 0.15) is 6.92 Å². The minimum absolute atomic E-state index is 0.199. The Morgan fingerprint density at radius 2 is 2.00 bits per heavy atom. The second kappa shape index (κ2) is 7.59. The normalized spacial score (nSPS) is 17.8. The Balaban J connectivity index is 1.96. The fourth-order valence-electron chi connectivity index (χ4n) is 2.48. The van der Waals surface area contributed by atoms with Gasteiger partial charge in [0.1, 0.15) is 5.82 Å². The maximum Gasteiger partial charge on any atom is 0.148 e. The number of likely N-dealkylation sites (N-methyl/N-ethyl adjacent to an activating group) is 1. The average Bonchev–Trinajstić information content (AvgIpc) is 2.53. The van der Waals surface area contributed by atoms with Crippen molar-refractivity contribution in [3.63, 3.8) is 0 Å². The van der Waals surface area contributed by atoms with Gasteiger partial charge in [-0.25, -0.2) is 4.39 Å². The molecule has 1 atom stereocenters. The predicted molar refractivity (Wildman–Crippen MR) is 82.3 cm³/mol. The molecule has 21 heavy (non-hydrogen) atoms. The van der Waals surface area contributed by atoms with Crippen molar-refractivity contribution >= 4 is 11.4 Å². The monoisotopic (exact) mass is 297 g/mol. The smallest absolute Gasteiger partial charge is 0.148 e. The summed E-state index contributed by atoms with van der Waals surface area (Å²) < 4.78 is 14.2. The summed E-state index contributed by atoms with van der Waals surface area (Å²) in [6.07, 6.45) is -0.838. The van der Waals surface area contributed by atoms with E-state index in [1.54, 1.807) is 12.1 Å². The van der Waals surface area contributed by atoms with Gasteiger partial charge in [0.05, 0.1) is 18.4 Å². The zero-order chi connectivity index (χ0) is 15.2. The van der Waals surface area contributed by atoms with Crippen LogP contribution in [-0.4, -0.2) is 67.1 Å². The second-order valence-corrected chi connectivity index (χ2v) is 5.30. The van der Waals surface area contributed by atoms with Gasteiger partial charge in [-0.3, -0.25) is 0 Å². The standard InChI is InChI=1S/C15H24FN3O2/c1-2-18-5-7-19(8-6-18)15-4-3-12(9-14(15)16)17-10-13(21)11-20/h3-4,9,13,17,20-21H,2,5-8,10-11H2,1H3. The van der Waals surface area contributed by atoms with Crippen LogP contribution in [0.4, 0.5) is 15.8 Å². The van der Waals surface area contributed by atoms with E-state index in [1.807, 2.05) is 0 Å². The molecular formula is C15H24FN3O2. The van der Waals surface area contributed by atoms with E-state index in [0.717, 1.165) is 32.7 Å². The lowest BCUT2D eigenvalue weighted by atomic mass is 10.2. The summed E-state index contributed by atoms with van der Waals surface area (Å²) in [7, 11) is 0. The van der Waals surface area contributed by atoms with E-state index in [-0.39, 0.29) is 19.0 Å². The maximum absolute atomic E-state index is 14.2. The van der Waals surface area contributed by atoms with Crippen LogP contribution in [0.2, 0.25) is 0 Å². The van der Waals surface area contributed by atoms with Crippen LogP contribution < -0.4 is 10.2 Å². The van der Waals surface area contributed by atoms with Gasteiger partial charge >= 0.3 is 0 Å². The molecule has 1 unspecified atom stereocenters. The molecule has 0 bridgehead atoms. The molecule has 0 spiro atoms. The highest BCUT2D eigenvalue weighted by molar-refractivity contribution is 5.56. The van der Waals surface area contributed by atoms with Crippen molar-refractivity contribution in [1.29, 1.82) is 0 Å². The molecule has 1 heterocycles. The Morgan fingerprint density at radius 1 is 1.29 bits per heavy atom. The molecule has 2 rings (SSSR count). The van der Waals surface area contributed by atoms with Crippen LogP contribution in [0.5, 0.6) is 0 Å². The lowest BCUT2D eigenvalue weighted by Crippen LogP contribution is -2.46.